The molecule has 1 saturated heterocycles. The van der Waals surface area contributed by atoms with Gasteiger partial charge < -0.3 is 10.2 Å². The molecule has 1 amide bonds. The minimum Gasteiger partial charge on any atom is -0.370 e. The van der Waals surface area contributed by atoms with Crippen LogP contribution >= 0.6 is 22.7 Å². The molecular weight excluding hydrogens is 430 g/mol. The summed E-state index contributed by atoms with van der Waals surface area (Å²) in [5.74, 6) is -0.194. The van der Waals surface area contributed by atoms with Crippen molar-refractivity contribution < 1.29 is 10.0 Å². The fourth-order valence-corrected chi connectivity index (χ4v) is 5.44. The lowest BCUT2D eigenvalue weighted by Crippen LogP contribution is -2.43. The van der Waals surface area contributed by atoms with E-state index in [1.807, 2.05) is 41.1 Å². The van der Waals surface area contributed by atoms with Gasteiger partial charge >= 0.3 is 0 Å². The standard InChI is InChI=1S/C22H27N5O2S2/c1-26(29)25-16-7-4-5-12-27(13-11-16)19-9-3-2-8-17(19)23-21(28)18-15-31-22(24-18)20-10-6-14-30-20/h2-3,6,8-10,14-16,25,29H,4-5,7,11-13H2,1H3,(H,23,28). The van der Waals surface area contributed by atoms with E-state index in [4.69, 9.17) is 0 Å². The largest absolute Gasteiger partial charge is 0.370 e. The number of aromatic nitrogens is 1. The summed E-state index contributed by atoms with van der Waals surface area (Å²) in [6.45, 7) is 1.78. The number of para-hydroxylation sites is 2. The lowest BCUT2D eigenvalue weighted by atomic mass is 10.0. The molecule has 9 heteroatoms. The van der Waals surface area contributed by atoms with Crippen LogP contribution in [0.4, 0.5) is 11.4 Å². The highest BCUT2D eigenvalue weighted by atomic mass is 32.1. The molecule has 31 heavy (non-hydrogen) atoms. The zero-order valence-electron chi connectivity index (χ0n) is 17.5. The number of carbonyl (C=O) groups excluding carboxylic acids is 1. The van der Waals surface area contributed by atoms with Crippen molar-refractivity contribution in [2.24, 2.45) is 0 Å². The molecule has 0 saturated carbocycles. The van der Waals surface area contributed by atoms with Crippen molar-refractivity contribution in [3.63, 3.8) is 0 Å². The van der Waals surface area contributed by atoms with Crippen molar-refractivity contribution in [3.05, 3.63) is 52.9 Å². The number of thiazole rings is 1. The molecule has 0 bridgehead atoms. The summed E-state index contributed by atoms with van der Waals surface area (Å²) in [6.07, 6.45) is 4.09. The highest BCUT2D eigenvalue weighted by Gasteiger charge is 2.20. The smallest absolute Gasteiger partial charge is 0.275 e. The monoisotopic (exact) mass is 457 g/mol. The number of nitrogens with zero attached hydrogens (tertiary/aromatic N) is 3. The van der Waals surface area contributed by atoms with Crippen LogP contribution in [0.2, 0.25) is 0 Å². The minimum absolute atomic E-state index is 0.194. The van der Waals surface area contributed by atoms with Crippen LogP contribution in [-0.4, -0.2) is 47.4 Å². The summed E-state index contributed by atoms with van der Waals surface area (Å²) in [5.41, 5.74) is 5.34. The van der Waals surface area contributed by atoms with E-state index >= 15 is 0 Å². The SMILES string of the molecule is CN(O)NC1CCCCN(c2ccccc2NC(=O)c2csc(-c3cccs3)n2)CC1. The summed E-state index contributed by atoms with van der Waals surface area (Å²) < 4.78 is 0. The lowest BCUT2D eigenvalue weighted by molar-refractivity contribution is -0.124. The normalized spacial score (nSPS) is 17.4. The van der Waals surface area contributed by atoms with Crippen LogP contribution in [0.15, 0.2) is 47.2 Å². The van der Waals surface area contributed by atoms with Gasteiger partial charge in [0.15, 0.2) is 0 Å². The number of nitrogens with one attached hydrogen (secondary N) is 2. The molecule has 1 aliphatic rings. The second kappa shape index (κ2) is 10.3. The highest BCUT2D eigenvalue weighted by molar-refractivity contribution is 7.20. The number of hydrogen-bond acceptors (Lipinski definition) is 8. The van der Waals surface area contributed by atoms with Crippen molar-refractivity contribution in [3.8, 4) is 9.88 Å². The molecule has 1 aliphatic heterocycles. The van der Waals surface area contributed by atoms with Crippen LogP contribution in [-0.2, 0) is 0 Å². The van der Waals surface area contributed by atoms with E-state index in [-0.39, 0.29) is 11.9 Å². The van der Waals surface area contributed by atoms with Gasteiger partial charge in [-0.2, -0.15) is 0 Å². The third kappa shape index (κ3) is 5.69. The molecule has 0 aliphatic carbocycles. The first kappa shape index (κ1) is 21.9. The molecular formula is C22H27N5O2S2. The number of anilines is 2. The Labute approximate surface area is 190 Å². The summed E-state index contributed by atoms with van der Waals surface area (Å²) in [6, 6.07) is 12.2. The molecule has 3 N–H and O–H groups in total. The number of hydroxylamine groups is 1. The van der Waals surface area contributed by atoms with Gasteiger partial charge in [-0.3, -0.25) is 10.0 Å². The maximum absolute atomic E-state index is 12.9. The highest BCUT2D eigenvalue weighted by Crippen LogP contribution is 2.30. The predicted octanol–water partition coefficient (Wildman–Crippen LogP) is 4.70. The number of carbonyl (C=O) groups is 1. The Hall–Kier alpha value is -2.30. The van der Waals surface area contributed by atoms with Gasteiger partial charge in [-0.1, -0.05) is 24.6 Å². The zero-order valence-corrected chi connectivity index (χ0v) is 19.1. The van der Waals surface area contributed by atoms with Crippen molar-refractivity contribution in [1.29, 1.82) is 0 Å². The van der Waals surface area contributed by atoms with Gasteiger partial charge in [0.25, 0.3) is 5.91 Å². The number of amides is 1. The first-order chi connectivity index (χ1) is 15.1. The second-order valence-corrected chi connectivity index (χ2v) is 9.41. The van der Waals surface area contributed by atoms with Crippen molar-refractivity contribution in [2.75, 3.05) is 30.4 Å². The molecule has 1 fully saturated rings. The fraction of sp³-hybridized carbons (Fsp3) is 0.364. The van der Waals surface area contributed by atoms with E-state index in [0.717, 1.165) is 65.2 Å². The molecule has 1 unspecified atom stereocenters. The van der Waals surface area contributed by atoms with E-state index < -0.39 is 0 Å². The van der Waals surface area contributed by atoms with Gasteiger partial charge in [-0.15, -0.1) is 27.8 Å². The molecule has 4 rings (SSSR count). The molecule has 3 heterocycles. The topological polar surface area (TPSA) is 80.7 Å². The minimum atomic E-state index is -0.194. The van der Waals surface area contributed by atoms with Gasteiger partial charge in [0.2, 0.25) is 0 Å². The van der Waals surface area contributed by atoms with E-state index in [0.29, 0.717) is 5.69 Å². The summed E-state index contributed by atoms with van der Waals surface area (Å²) in [7, 11) is 1.60. The number of benzene rings is 1. The Morgan fingerprint density at radius 1 is 1.16 bits per heavy atom. The molecule has 0 spiro atoms. The van der Waals surface area contributed by atoms with Gasteiger partial charge in [-0.25, -0.2) is 10.4 Å². The Bertz CT molecular complexity index is 989. The predicted molar refractivity (Wildman–Crippen MR) is 127 cm³/mol. The van der Waals surface area contributed by atoms with Crippen LogP contribution in [0, 0.1) is 0 Å². The van der Waals surface area contributed by atoms with Crippen molar-refractivity contribution in [1.82, 2.24) is 15.6 Å². The molecule has 7 nitrogen and oxygen atoms in total. The van der Waals surface area contributed by atoms with Gasteiger partial charge in [0, 0.05) is 31.6 Å². The number of rotatable bonds is 6. The quantitative estimate of drug-likeness (QED) is 0.466. The van der Waals surface area contributed by atoms with Crippen LogP contribution in [0.3, 0.4) is 0 Å². The Balaban J connectivity index is 1.47. The number of hydrogen-bond donors (Lipinski definition) is 3. The summed E-state index contributed by atoms with van der Waals surface area (Å²) in [5, 5.41) is 18.3. The molecule has 2 aromatic heterocycles. The van der Waals surface area contributed by atoms with Crippen LogP contribution in [0.1, 0.15) is 36.2 Å². The molecule has 164 valence electrons. The first-order valence-electron chi connectivity index (χ1n) is 10.4. The number of thiophene rings is 1. The zero-order chi connectivity index (χ0) is 21.6. The summed E-state index contributed by atoms with van der Waals surface area (Å²) in [4.78, 5) is 20.8. The fourth-order valence-electron chi connectivity index (χ4n) is 3.83. The van der Waals surface area contributed by atoms with Crippen molar-refractivity contribution >= 4 is 40.0 Å². The average molecular weight is 458 g/mol. The summed E-state index contributed by atoms with van der Waals surface area (Å²) >= 11 is 3.10. The van der Waals surface area contributed by atoms with Crippen LogP contribution in [0.5, 0.6) is 0 Å². The molecule has 3 aromatic rings. The number of hydrazine groups is 1. The van der Waals surface area contributed by atoms with E-state index in [2.05, 4.69) is 26.7 Å². The molecule has 0 radical (unpaired) electrons. The second-order valence-electron chi connectivity index (χ2n) is 7.61. The molecule has 1 aromatic carbocycles. The molecule has 1 atom stereocenters. The van der Waals surface area contributed by atoms with Gasteiger partial charge in [-0.05, 0) is 42.8 Å². The van der Waals surface area contributed by atoms with Crippen LogP contribution in [0.25, 0.3) is 9.88 Å². The lowest BCUT2D eigenvalue weighted by Gasteiger charge is -2.32. The Kier molecular flexibility index (Phi) is 7.31. The maximum atomic E-state index is 12.9. The Morgan fingerprint density at radius 2 is 2.03 bits per heavy atom. The Morgan fingerprint density at radius 3 is 2.84 bits per heavy atom. The van der Waals surface area contributed by atoms with Gasteiger partial charge in [0.05, 0.1) is 16.3 Å². The third-order valence-corrected chi connectivity index (χ3v) is 7.19. The van der Waals surface area contributed by atoms with E-state index in [1.54, 1.807) is 18.4 Å². The van der Waals surface area contributed by atoms with Crippen LogP contribution < -0.4 is 15.6 Å². The first-order valence-corrected chi connectivity index (χ1v) is 12.2. The van der Waals surface area contributed by atoms with E-state index in [1.165, 1.54) is 11.3 Å². The van der Waals surface area contributed by atoms with Crippen molar-refractivity contribution in [2.45, 2.75) is 31.7 Å². The van der Waals surface area contributed by atoms with Gasteiger partial charge in [0.1, 0.15) is 10.7 Å². The maximum Gasteiger partial charge on any atom is 0.275 e. The van der Waals surface area contributed by atoms with E-state index in [9.17, 15) is 10.0 Å². The average Bonchev–Trinajstić information content (AvgIpc) is 3.42. The third-order valence-electron chi connectivity index (χ3n) is 5.31.